The predicted molar refractivity (Wildman–Crippen MR) is 89.3 cm³/mol. The van der Waals surface area contributed by atoms with Gasteiger partial charge in [-0.15, -0.1) is 11.3 Å². The summed E-state index contributed by atoms with van der Waals surface area (Å²) in [7, 11) is 0. The molecular formula is C16H19N3O4S. The van der Waals surface area contributed by atoms with Crippen LogP contribution in [0.25, 0.3) is 0 Å². The summed E-state index contributed by atoms with van der Waals surface area (Å²) in [6.45, 7) is 3.58. The van der Waals surface area contributed by atoms with Crippen molar-refractivity contribution in [1.29, 1.82) is 0 Å². The normalized spacial score (nSPS) is 18.5. The number of carbonyl (C=O) groups is 2. The lowest BCUT2D eigenvalue weighted by atomic mass is 10.1. The molecule has 1 atom stereocenters. The van der Waals surface area contributed by atoms with Crippen molar-refractivity contribution < 1.29 is 18.8 Å². The Morgan fingerprint density at radius 1 is 1.50 bits per heavy atom. The van der Waals surface area contributed by atoms with E-state index in [0.29, 0.717) is 37.8 Å². The third-order valence-electron chi connectivity index (χ3n) is 3.81. The highest BCUT2D eigenvalue weighted by Crippen LogP contribution is 2.17. The van der Waals surface area contributed by atoms with E-state index in [-0.39, 0.29) is 24.3 Å². The van der Waals surface area contributed by atoms with E-state index in [1.165, 1.54) is 11.3 Å². The first-order chi connectivity index (χ1) is 11.6. The maximum absolute atomic E-state index is 12.3. The van der Waals surface area contributed by atoms with E-state index in [2.05, 4.69) is 10.5 Å². The Labute approximate surface area is 143 Å². The molecule has 1 amide bonds. The highest BCUT2D eigenvalue weighted by Gasteiger charge is 2.27. The molecule has 3 heterocycles. The molecule has 1 fully saturated rings. The topological polar surface area (TPSA) is 84.7 Å². The fourth-order valence-corrected chi connectivity index (χ4v) is 3.30. The summed E-state index contributed by atoms with van der Waals surface area (Å²) in [6, 6.07) is 5.24. The summed E-state index contributed by atoms with van der Waals surface area (Å²) in [5.41, 5.74) is 0. The zero-order valence-electron chi connectivity index (χ0n) is 13.4. The Kier molecular flexibility index (Phi) is 5.39. The number of ketones is 1. The van der Waals surface area contributed by atoms with E-state index in [1.807, 2.05) is 22.4 Å². The van der Waals surface area contributed by atoms with Crippen LogP contribution in [0.5, 0.6) is 0 Å². The maximum atomic E-state index is 12.3. The molecule has 3 rings (SSSR count). The minimum atomic E-state index is -0.182. The van der Waals surface area contributed by atoms with Gasteiger partial charge in [-0.3, -0.25) is 14.5 Å². The molecule has 128 valence electrons. The number of amides is 1. The molecule has 2 aromatic rings. The van der Waals surface area contributed by atoms with Gasteiger partial charge in [0.05, 0.1) is 24.6 Å². The van der Waals surface area contributed by atoms with Crippen LogP contribution >= 0.6 is 11.3 Å². The van der Waals surface area contributed by atoms with E-state index >= 15 is 0 Å². The number of aryl methyl sites for hydroxylation is 1. The van der Waals surface area contributed by atoms with Crippen LogP contribution in [0.2, 0.25) is 0 Å². The number of nitrogens with zero attached hydrogens (tertiary/aromatic N) is 2. The van der Waals surface area contributed by atoms with Gasteiger partial charge in [-0.05, 0) is 18.4 Å². The average molecular weight is 349 g/mol. The van der Waals surface area contributed by atoms with Crippen LogP contribution in [0.1, 0.15) is 21.9 Å². The lowest BCUT2D eigenvalue weighted by molar-refractivity contribution is -0.119. The number of Topliss-reactive ketones (excluding diaryl/α,β-unsaturated/α-hetero) is 1. The van der Waals surface area contributed by atoms with Gasteiger partial charge >= 0.3 is 0 Å². The van der Waals surface area contributed by atoms with Crippen molar-refractivity contribution >= 4 is 28.8 Å². The smallest absolute Gasteiger partial charge is 0.239 e. The number of ether oxygens (including phenoxy) is 1. The second-order valence-corrected chi connectivity index (χ2v) is 6.62. The Bertz CT molecular complexity index is 698. The molecule has 1 aliphatic rings. The van der Waals surface area contributed by atoms with Crippen molar-refractivity contribution in [3.63, 3.8) is 0 Å². The predicted octanol–water partition coefficient (Wildman–Crippen LogP) is 1.96. The van der Waals surface area contributed by atoms with Crippen molar-refractivity contribution in [2.45, 2.75) is 19.4 Å². The first-order valence-electron chi connectivity index (χ1n) is 7.73. The van der Waals surface area contributed by atoms with Gasteiger partial charge < -0.3 is 14.6 Å². The molecular weight excluding hydrogens is 330 g/mol. The van der Waals surface area contributed by atoms with Crippen LogP contribution < -0.4 is 5.32 Å². The number of rotatable bonds is 6. The molecule has 1 saturated heterocycles. The molecule has 2 aromatic heterocycles. The van der Waals surface area contributed by atoms with Crippen molar-refractivity contribution in [3.05, 3.63) is 34.2 Å². The fourth-order valence-electron chi connectivity index (χ4n) is 2.63. The Morgan fingerprint density at radius 2 is 2.38 bits per heavy atom. The first kappa shape index (κ1) is 16.8. The second kappa shape index (κ2) is 7.69. The lowest BCUT2D eigenvalue weighted by Gasteiger charge is -2.34. The molecule has 0 radical (unpaired) electrons. The number of hydrogen-bond acceptors (Lipinski definition) is 7. The molecule has 1 aliphatic heterocycles. The molecule has 1 unspecified atom stereocenters. The molecule has 0 spiro atoms. The number of nitrogens with one attached hydrogen (secondary N) is 1. The van der Waals surface area contributed by atoms with Gasteiger partial charge in [0.25, 0.3) is 0 Å². The highest BCUT2D eigenvalue weighted by atomic mass is 32.1. The second-order valence-electron chi connectivity index (χ2n) is 5.67. The standard InChI is InChI=1S/C16H19N3O4S/c1-11-7-15(18-23-11)17-16(21)9-19-4-5-22-10-12(19)8-13(20)14-3-2-6-24-14/h2-3,6-7,12H,4-5,8-10H2,1H3,(H,17,18,21). The van der Waals surface area contributed by atoms with Gasteiger partial charge in [-0.25, -0.2) is 0 Å². The number of thiophene rings is 1. The molecule has 8 heteroatoms. The summed E-state index contributed by atoms with van der Waals surface area (Å²) >= 11 is 1.43. The molecule has 0 saturated carbocycles. The number of aromatic nitrogens is 1. The van der Waals surface area contributed by atoms with E-state index < -0.39 is 0 Å². The van der Waals surface area contributed by atoms with Crippen molar-refractivity contribution in [2.24, 2.45) is 0 Å². The summed E-state index contributed by atoms with van der Waals surface area (Å²) in [5, 5.41) is 8.33. The van der Waals surface area contributed by atoms with Gasteiger partial charge in [0, 0.05) is 25.1 Å². The Morgan fingerprint density at radius 3 is 3.08 bits per heavy atom. The Hall–Kier alpha value is -2.03. The van der Waals surface area contributed by atoms with E-state index in [4.69, 9.17) is 9.26 Å². The molecule has 24 heavy (non-hydrogen) atoms. The number of hydrogen-bond donors (Lipinski definition) is 1. The largest absolute Gasteiger partial charge is 0.378 e. The number of carbonyl (C=O) groups excluding carboxylic acids is 2. The highest BCUT2D eigenvalue weighted by molar-refractivity contribution is 7.12. The molecule has 0 aliphatic carbocycles. The zero-order valence-corrected chi connectivity index (χ0v) is 14.2. The van der Waals surface area contributed by atoms with Crippen LogP contribution in [0.3, 0.4) is 0 Å². The zero-order chi connectivity index (χ0) is 16.9. The van der Waals surface area contributed by atoms with E-state index in [1.54, 1.807) is 13.0 Å². The van der Waals surface area contributed by atoms with E-state index in [9.17, 15) is 9.59 Å². The van der Waals surface area contributed by atoms with Gasteiger partial charge in [-0.1, -0.05) is 11.2 Å². The van der Waals surface area contributed by atoms with Crippen molar-refractivity contribution in [2.75, 3.05) is 31.6 Å². The van der Waals surface area contributed by atoms with Crippen molar-refractivity contribution in [3.8, 4) is 0 Å². The minimum Gasteiger partial charge on any atom is -0.378 e. The number of morpholine rings is 1. The average Bonchev–Trinajstić information content (AvgIpc) is 3.21. The van der Waals surface area contributed by atoms with Gasteiger partial charge in [0.2, 0.25) is 5.91 Å². The summed E-state index contributed by atoms with van der Waals surface area (Å²) in [4.78, 5) is 27.2. The SMILES string of the molecule is Cc1cc(NC(=O)CN2CCOCC2CC(=O)c2cccs2)no1. The first-order valence-corrected chi connectivity index (χ1v) is 8.61. The third-order valence-corrected chi connectivity index (χ3v) is 4.72. The maximum Gasteiger partial charge on any atom is 0.239 e. The van der Waals surface area contributed by atoms with Crippen LogP contribution in [-0.4, -0.2) is 54.1 Å². The van der Waals surface area contributed by atoms with E-state index in [0.717, 1.165) is 4.88 Å². The summed E-state index contributed by atoms with van der Waals surface area (Å²) in [5.74, 6) is 0.935. The third kappa shape index (κ3) is 4.28. The van der Waals surface area contributed by atoms with Gasteiger partial charge in [0.1, 0.15) is 5.76 Å². The molecule has 7 nitrogen and oxygen atoms in total. The summed E-state index contributed by atoms with van der Waals surface area (Å²) < 4.78 is 10.4. The van der Waals surface area contributed by atoms with Gasteiger partial charge in [0.15, 0.2) is 11.6 Å². The minimum absolute atomic E-state index is 0.0815. The monoisotopic (exact) mass is 349 g/mol. The van der Waals surface area contributed by atoms with Crippen LogP contribution in [0.15, 0.2) is 28.1 Å². The van der Waals surface area contributed by atoms with Crippen LogP contribution in [-0.2, 0) is 9.53 Å². The van der Waals surface area contributed by atoms with Crippen LogP contribution in [0.4, 0.5) is 5.82 Å². The molecule has 0 bridgehead atoms. The van der Waals surface area contributed by atoms with Crippen LogP contribution in [0, 0.1) is 6.92 Å². The lowest BCUT2D eigenvalue weighted by Crippen LogP contribution is -2.49. The fraction of sp³-hybridized carbons (Fsp3) is 0.438. The molecule has 0 aromatic carbocycles. The number of anilines is 1. The Balaban J connectivity index is 1.57. The summed E-state index contributed by atoms with van der Waals surface area (Å²) in [6.07, 6.45) is 0.344. The van der Waals surface area contributed by atoms with Crippen molar-refractivity contribution in [1.82, 2.24) is 10.1 Å². The quantitative estimate of drug-likeness (QED) is 0.803. The molecule has 1 N–H and O–H groups in total. The van der Waals surface area contributed by atoms with Gasteiger partial charge in [-0.2, -0.15) is 0 Å².